The predicted octanol–water partition coefficient (Wildman–Crippen LogP) is 11.6. The van der Waals surface area contributed by atoms with Gasteiger partial charge in [0.25, 0.3) is 0 Å². The van der Waals surface area contributed by atoms with E-state index in [1.807, 2.05) is 29.4 Å². The number of aromatic nitrogens is 4. The molecule has 0 unspecified atom stereocenters. The fourth-order valence-electron chi connectivity index (χ4n) is 7.92. The van der Waals surface area contributed by atoms with Crippen LogP contribution in [-0.4, -0.2) is 19.1 Å². The smallest absolute Gasteiger partial charge is 0.137 e. The number of para-hydroxylation sites is 1. The largest absolute Gasteiger partial charge is 0.457 e. The first-order chi connectivity index (χ1) is 24.1. The number of aryl methyl sites for hydroxylation is 7. The molecule has 0 aliphatic carbocycles. The number of hydrogen-bond donors (Lipinski definition) is 0. The summed E-state index contributed by atoms with van der Waals surface area (Å²) >= 11 is 0. The monoisotopic (exact) mass is 652 g/mol. The molecule has 0 fully saturated rings. The zero-order valence-electron chi connectivity index (χ0n) is 29.7. The summed E-state index contributed by atoms with van der Waals surface area (Å²) in [5.41, 5.74) is 16.6. The molecule has 0 aliphatic rings. The molecule has 0 radical (unpaired) electrons. The minimum atomic E-state index is 0.754. The van der Waals surface area contributed by atoms with Crippen molar-refractivity contribution >= 4 is 21.8 Å². The Balaban J connectivity index is 1.34. The molecule has 5 aromatic carbocycles. The predicted molar refractivity (Wildman–Crippen MR) is 206 cm³/mol. The second kappa shape index (κ2) is 12.2. The molecule has 246 valence electrons. The zero-order chi connectivity index (χ0) is 34.7. The van der Waals surface area contributed by atoms with E-state index < -0.39 is 0 Å². The van der Waals surface area contributed by atoms with Gasteiger partial charge in [0.15, 0.2) is 0 Å². The first-order valence-corrected chi connectivity index (χ1v) is 17.1. The number of hydrogen-bond acceptors (Lipinski definition) is 3. The molecule has 0 aliphatic heterocycles. The van der Waals surface area contributed by atoms with E-state index >= 15 is 0 Å². The summed E-state index contributed by atoms with van der Waals surface area (Å²) in [4.78, 5) is 9.23. The lowest BCUT2D eigenvalue weighted by molar-refractivity contribution is 0.483. The highest BCUT2D eigenvalue weighted by molar-refractivity contribution is 6.14. The third-order valence-electron chi connectivity index (χ3n) is 9.73. The molecule has 5 heteroatoms. The van der Waals surface area contributed by atoms with Crippen LogP contribution in [0.4, 0.5) is 0 Å². The van der Waals surface area contributed by atoms with Crippen LogP contribution in [0.5, 0.6) is 11.5 Å². The van der Waals surface area contributed by atoms with E-state index in [-0.39, 0.29) is 0 Å². The maximum Gasteiger partial charge on any atom is 0.137 e. The van der Waals surface area contributed by atoms with Crippen LogP contribution in [0.1, 0.15) is 38.9 Å². The van der Waals surface area contributed by atoms with Crippen LogP contribution < -0.4 is 4.74 Å². The second-order valence-corrected chi connectivity index (χ2v) is 13.7. The van der Waals surface area contributed by atoms with Crippen molar-refractivity contribution in [1.82, 2.24) is 19.1 Å². The number of fused-ring (bicyclic) bond motifs is 3. The molecule has 5 nitrogen and oxygen atoms in total. The number of nitrogens with zero attached hydrogens (tertiary/aromatic N) is 4. The van der Waals surface area contributed by atoms with Crippen molar-refractivity contribution in [3.63, 3.8) is 0 Å². The van der Waals surface area contributed by atoms with Crippen molar-refractivity contribution in [2.24, 2.45) is 0 Å². The van der Waals surface area contributed by atoms with Gasteiger partial charge in [0.1, 0.15) is 17.3 Å². The number of rotatable bonds is 6. The van der Waals surface area contributed by atoms with Gasteiger partial charge in [-0.05, 0) is 129 Å². The maximum atomic E-state index is 6.80. The molecule has 3 aromatic heterocycles. The topological polar surface area (TPSA) is 44.9 Å². The average Bonchev–Trinajstić information content (AvgIpc) is 3.71. The van der Waals surface area contributed by atoms with Crippen LogP contribution in [-0.2, 0) is 0 Å². The van der Waals surface area contributed by atoms with Crippen LogP contribution in [0, 0.1) is 48.5 Å². The molecule has 8 rings (SSSR count). The third kappa shape index (κ3) is 5.45. The van der Waals surface area contributed by atoms with Gasteiger partial charge in [-0.3, -0.25) is 4.57 Å². The minimum Gasteiger partial charge on any atom is -0.457 e. The van der Waals surface area contributed by atoms with Crippen molar-refractivity contribution < 1.29 is 4.74 Å². The molecule has 8 aromatic rings. The van der Waals surface area contributed by atoms with E-state index in [0.29, 0.717) is 0 Å². The summed E-state index contributed by atoms with van der Waals surface area (Å²) in [5, 5.41) is 2.33. The zero-order valence-corrected chi connectivity index (χ0v) is 29.7. The fourth-order valence-corrected chi connectivity index (χ4v) is 7.92. The quantitative estimate of drug-likeness (QED) is 0.180. The van der Waals surface area contributed by atoms with E-state index in [2.05, 4.69) is 143 Å². The van der Waals surface area contributed by atoms with Gasteiger partial charge in [-0.2, -0.15) is 0 Å². The molecule has 0 amide bonds. The molecule has 0 atom stereocenters. The summed E-state index contributed by atoms with van der Waals surface area (Å²) in [7, 11) is 0. The SMILES string of the molecule is Cc1ccnc(-n2c3cc(Oc4cc(-c5c(C)cc(C)cc5C)cc(-n5ccnc5)c4)ccc3c3cccc(-c4c(C)cc(C)cc4C)c32)c1. The van der Waals surface area contributed by atoms with Gasteiger partial charge in [-0.1, -0.05) is 53.6 Å². The van der Waals surface area contributed by atoms with Gasteiger partial charge in [0.05, 0.1) is 23.0 Å². The molecule has 50 heavy (non-hydrogen) atoms. The van der Waals surface area contributed by atoms with Gasteiger partial charge in [-0.15, -0.1) is 0 Å². The first-order valence-electron chi connectivity index (χ1n) is 17.1. The van der Waals surface area contributed by atoms with E-state index in [9.17, 15) is 0 Å². The molecule has 0 bridgehead atoms. The summed E-state index contributed by atoms with van der Waals surface area (Å²) < 4.78 is 11.1. The van der Waals surface area contributed by atoms with Crippen LogP contribution in [0.25, 0.3) is 55.6 Å². The lowest BCUT2D eigenvalue weighted by Gasteiger charge is -2.16. The van der Waals surface area contributed by atoms with Crippen molar-refractivity contribution in [3.8, 4) is 45.3 Å². The summed E-state index contributed by atoms with van der Waals surface area (Å²) in [5.74, 6) is 2.39. The molecular weight excluding hydrogens is 613 g/mol. The fraction of sp³-hybridized carbons (Fsp3) is 0.156. The average molecular weight is 653 g/mol. The Morgan fingerprint density at radius 1 is 0.580 bits per heavy atom. The standard InChI is InChI=1S/C45H40N4O/c1-27-13-14-47-42(21-27)49-41-25-36(11-12-38(41)39-9-8-10-40(45(39)49)44-32(6)19-29(3)20-33(44)7)50-37-23-34(22-35(24-37)48-16-15-46-26-48)43-30(4)17-28(2)18-31(43)5/h8-26H,1-7H3. The third-order valence-corrected chi connectivity index (χ3v) is 9.73. The second-order valence-electron chi connectivity index (χ2n) is 13.7. The number of ether oxygens (including phenoxy) is 1. The van der Waals surface area contributed by atoms with Crippen LogP contribution >= 0.6 is 0 Å². The lowest BCUT2D eigenvalue weighted by atomic mass is 9.92. The Morgan fingerprint density at radius 2 is 1.30 bits per heavy atom. The Hall–Kier alpha value is -5.94. The Morgan fingerprint density at radius 3 is 1.98 bits per heavy atom. The number of benzene rings is 5. The summed E-state index contributed by atoms with van der Waals surface area (Å²) in [6, 6.07) is 32.7. The van der Waals surface area contributed by atoms with Crippen molar-refractivity contribution in [3.05, 3.63) is 155 Å². The highest BCUT2D eigenvalue weighted by Gasteiger charge is 2.20. The van der Waals surface area contributed by atoms with E-state index in [4.69, 9.17) is 9.72 Å². The Bertz CT molecular complexity index is 2540. The van der Waals surface area contributed by atoms with E-state index in [0.717, 1.165) is 50.6 Å². The van der Waals surface area contributed by atoms with Gasteiger partial charge in [0.2, 0.25) is 0 Å². The first kappa shape index (κ1) is 31.3. The number of pyridine rings is 1. The molecule has 3 heterocycles. The van der Waals surface area contributed by atoms with Gasteiger partial charge in [-0.25, -0.2) is 9.97 Å². The summed E-state index contributed by atoms with van der Waals surface area (Å²) in [6.07, 6.45) is 7.49. The molecule has 0 spiro atoms. The molecule has 0 saturated heterocycles. The van der Waals surface area contributed by atoms with Gasteiger partial charge < -0.3 is 9.30 Å². The van der Waals surface area contributed by atoms with Crippen LogP contribution in [0.15, 0.2) is 116 Å². The normalized spacial score (nSPS) is 11.5. The number of imidazole rings is 1. The van der Waals surface area contributed by atoms with E-state index in [1.165, 1.54) is 55.5 Å². The highest BCUT2D eigenvalue weighted by Crippen LogP contribution is 2.42. The van der Waals surface area contributed by atoms with Crippen molar-refractivity contribution in [2.75, 3.05) is 0 Å². The molecule has 0 N–H and O–H groups in total. The highest BCUT2D eigenvalue weighted by atomic mass is 16.5. The Kier molecular flexibility index (Phi) is 7.64. The maximum absolute atomic E-state index is 6.80. The van der Waals surface area contributed by atoms with Crippen molar-refractivity contribution in [1.29, 1.82) is 0 Å². The Labute approximate surface area is 293 Å². The molecule has 0 saturated carbocycles. The summed E-state index contributed by atoms with van der Waals surface area (Å²) in [6.45, 7) is 15.2. The van der Waals surface area contributed by atoms with Crippen LogP contribution in [0.2, 0.25) is 0 Å². The lowest BCUT2D eigenvalue weighted by Crippen LogP contribution is -2.00. The van der Waals surface area contributed by atoms with Crippen molar-refractivity contribution in [2.45, 2.75) is 48.5 Å². The van der Waals surface area contributed by atoms with Gasteiger partial charge in [0, 0.05) is 47.1 Å². The van der Waals surface area contributed by atoms with Gasteiger partial charge >= 0.3 is 0 Å². The molecular formula is C45H40N4O. The van der Waals surface area contributed by atoms with E-state index in [1.54, 1.807) is 6.20 Å². The van der Waals surface area contributed by atoms with Crippen LogP contribution in [0.3, 0.4) is 0 Å². The minimum absolute atomic E-state index is 0.754.